The Labute approximate surface area is 460 Å². The Hall–Kier alpha value is -0.710. The summed E-state index contributed by atoms with van der Waals surface area (Å²) in [6, 6.07) is 87.7. The maximum absolute atomic E-state index is 2.28. The first kappa shape index (κ1) is 69.3. The van der Waals surface area contributed by atoms with Crippen molar-refractivity contribution in [1.29, 1.82) is 0 Å². The number of hydrogen-bond acceptors (Lipinski definition) is 0. The summed E-state index contributed by atoms with van der Waals surface area (Å²) in [5.41, 5.74) is 0. The van der Waals surface area contributed by atoms with Gasteiger partial charge in [0, 0.05) is 42.1 Å². The van der Waals surface area contributed by atoms with Gasteiger partial charge in [-0.3, -0.25) is 0 Å². The molecular formula is C48H40NiP2S8W2-11. The Balaban J connectivity index is -0.000000290. The van der Waals surface area contributed by atoms with E-state index in [1.807, 2.05) is 0 Å². The van der Waals surface area contributed by atoms with Crippen LogP contribution >= 0.6 is 14.5 Å². The van der Waals surface area contributed by atoms with Gasteiger partial charge in [-0.25, -0.2) is 0 Å². The topological polar surface area (TPSA) is 0 Å². The smallest absolute Gasteiger partial charge is 2.00 e. The summed E-state index contributed by atoms with van der Waals surface area (Å²) < 4.78 is 0. The van der Waals surface area contributed by atoms with E-state index in [0.29, 0.717) is 0 Å². The minimum absolute atomic E-state index is 0. The summed E-state index contributed by atoms with van der Waals surface area (Å²) in [7, 11) is -3.81. The summed E-state index contributed by atoms with van der Waals surface area (Å²) in [4.78, 5) is 0. The van der Waals surface area contributed by atoms with Crippen LogP contribution in [0.25, 0.3) is 0 Å². The third-order valence-electron chi connectivity index (χ3n) is 9.15. The molecule has 0 saturated carbocycles. The van der Waals surface area contributed by atoms with Gasteiger partial charge in [0.05, 0.1) is 0 Å². The maximum Gasteiger partial charge on any atom is 3.00 e. The normalized spacial score (nSPS) is 9.18. The minimum atomic E-state index is -1.91. The Morgan fingerprint density at radius 3 is 0.328 bits per heavy atom. The quantitative estimate of drug-likeness (QED) is 0.106. The summed E-state index contributed by atoms with van der Waals surface area (Å²) in [5.74, 6) is 0. The molecule has 0 bridgehead atoms. The molecule has 0 atom stereocenters. The van der Waals surface area contributed by atoms with Crippen LogP contribution in [0.5, 0.6) is 0 Å². The van der Waals surface area contributed by atoms with Gasteiger partial charge in [0.1, 0.15) is 57.0 Å². The van der Waals surface area contributed by atoms with Gasteiger partial charge in [0.25, 0.3) is 0 Å². The molecule has 8 rings (SSSR count). The molecule has 0 aliphatic heterocycles. The largest absolute Gasteiger partial charge is 3.00 e. The Bertz CT molecular complexity index is 1720. The van der Waals surface area contributed by atoms with Crippen LogP contribution in [-0.4, -0.2) is 0 Å². The van der Waals surface area contributed by atoms with Crippen molar-refractivity contribution in [1.82, 2.24) is 0 Å². The number of benzene rings is 8. The molecule has 8 aromatic carbocycles. The predicted molar refractivity (Wildman–Crippen MR) is 281 cm³/mol. The van der Waals surface area contributed by atoms with E-state index in [1.54, 1.807) is 0 Å². The fourth-order valence-corrected chi connectivity index (χ4v) is 15.5. The molecule has 0 aromatic heterocycles. The third kappa shape index (κ3) is 15.7. The van der Waals surface area contributed by atoms with Crippen molar-refractivity contribution in [2.45, 2.75) is 0 Å². The number of hydrogen-bond donors (Lipinski definition) is 0. The van der Waals surface area contributed by atoms with E-state index in [1.165, 1.54) is 42.4 Å². The fraction of sp³-hybridized carbons (Fsp3) is 0. The van der Waals surface area contributed by atoms with Gasteiger partial charge in [0.15, 0.2) is 0 Å². The SMILES string of the molecule is [Ni+3].[S-2].[S-2].[S-2].[S-2].[S-2].[S-2].[S-2].[S-2].[W].[W].c1ccc([P+](c2ccccc2)(c2ccccc2)c2ccccc2)cc1.c1ccc([P+](c2ccccc2)(c2ccccc2)c2ccccc2)cc1. The van der Waals surface area contributed by atoms with Crippen LogP contribution < -0.4 is 42.4 Å². The van der Waals surface area contributed by atoms with Crippen molar-refractivity contribution in [3.8, 4) is 0 Å². The van der Waals surface area contributed by atoms with Crippen LogP contribution in [0.15, 0.2) is 243 Å². The second kappa shape index (κ2) is 35.5. The molecule has 0 nitrogen and oxygen atoms in total. The summed E-state index contributed by atoms with van der Waals surface area (Å²) >= 11 is 0. The van der Waals surface area contributed by atoms with Gasteiger partial charge >= 0.3 is 16.5 Å². The van der Waals surface area contributed by atoms with Crippen LogP contribution in [-0.2, 0) is 167 Å². The molecule has 13 heteroatoms. The van der Waals surface area contributed by atoms with Gasteiger partial charge in [-0.2, -0.15) is 0 Å². The Kier molecular flexibility index (Phi) is 40.4. The zero-order valence-corrected chi connectivity index (χ0v) is 47.6. The molecule has 0 N–H and O–H groups in total. The zero-order valence-electron chi connectivity index (χ0n) is 32.4. The molecule has 61 heavy (non-hydrogen) atoms. The Morgan fingerprint density at radius 2 is 0.246 bits per heavy atom. The average molecular weight is 1360 g/mol. The van der Waals surface area contributed by atoms with Crippen molar-refractivity contribution < 1.29 is 58.6 Å². The van der Waals surface area contributed by atoms with E-state index in [4.69, 9.17) is 0 Å². The molecule has 0 amide bonds. The van der Waals surface area contributed by atoms with Crippen LogP contribution in [0.4, 0.5) is 0 Å². The molecule has 1 radical (unpaired) electrons. The first-order valence-corrected chi connectivity index (χ1v) is 20.7. The molecule has 0 heterocycles. The summed E-state index contributed by atoms with van der Waals surface area (Å²) in [5, 5.41) is 11.1. The molecule has 8 aromatic rings. The monoisotopic (exact) mass is 1360 g/mol. The summed E-state index contributed by atoms with van der Waals surface area (Å²) in [6.45, 7) is 0. The number of rotatable bonds is 8. The van der Waals surface area contributed by atoms with Crippen molar-refractivity contribution in [2.75, 3.05) is 0 Å². The van der Waals surface area contributed by atoms with E-state index in [-0.39, 0.29) is 167 Å². The second-order valence-electron chi connectivity index (χ2n) is 12.0. The van der Waals surface area contributed by atoms with Crippen LogP contribution in [0.1, 0.15) is 0 Å². The van der Waals surface area contributed by atoms with E-state index < -0.39 is 14.5 Å². The molecule has 323 valence electrons. The molecule has 0 spiro atoms. The van der Waals surface area contributed by atoms with E-state index in [9.17, 15) is 0 Å². The first-order valence-electron chi connectivity index (χ1n) is 17.1. The molecule has 0 aliphatic rings. The average Bonchev–Trinajstić information content (AvgIpc) is 3.22. The van der Waals surface area contributed by atoms with Crippen LogP contribution in [0.2, 0.25) is 0 Å². The minimum Gasteiger partial charge on any atom is -2.00 e. The van der Waals surface area contributed by atoms with Gasteiger partial charge in [-0.15, -0.1) is 0 Å². The Morgan fingerprint density at radius 1 is 0.164 bits per heavy atom. The van der Waals surface area contributed by atoms with E-state index in [2.05, 4.69) is 243 Å². The van der Waals surface area contributed by atoms with Crippen molar-refractivity contribution in [3.63, 3.8) is 0 Å². The first-order chi connectivity index (χ1) is 24.8. The maximum atomic E-state index is 2.28. The van der Waals surface area contributed by atoms with Crippen LogP contribution in [0, 0.1) is 0 Å². The molecule has 0 saturated heterocycles. The van der Waals surface area contributed by atoms with Crippen molar-refractivity contribution in [3.05, 3.63) is 243 Å². The molecule has 0 fully saturated rings. The summed E-state index contributed by atoms with van der Waals surface area (Å²) in [6.07, 6.45) is 0. The van der Waals surface area contributed by atoms with E-state index >= 15 is 0 Å². The van der Waals surface area contributed by atoms with Gasteiger partial charge in [0.2, 0.25) is 0 Å². The van der Waals surface area contributed by atoms with Gasteiger partial charge in [-0.1, -0.05) is 146 Å². The second-order valence-corrected chi connectivity index (χ2v) is 18.8. The van der Waals surface area contributed by atoms with E-state index in [0.717, 1.165) is 0 Å². The van der Waals surface area contributed by atoms with Crippen molar-refractivity contribution >= 4 is 165 Å². The molecule has 0 unspecified atom stereocenters. The fourth-order valence-electron chi connectivity index (χ4n) is 7.00. The molecule has 0 aliphatic carbocycles. The van der Waals surface area contributed by atoms with Crippen LogP contribution in [0.3, 0.4) is 0 Å². The zero-order chi connectivity index (χ0) is 33.9. The van der Waals surface area contributed by atoms with Gasteiger partial charge in [-0.05, 0) is 97.1 Å². The molecular weight excluding hydrogens is 1320 g/mol. The van der Waals surface area contributed by atoms with Crippen molar-refractivity contribution in [2.24, 2.45) is 0 Å². The third-order valence-corrected chi connectivity index (χ3v) is 17.7. The predicted octanol–water partition coefficient (Wildman–Crippen LogP) is 8.59. The standard InChI is InChI=1S/2C24H20P.Ni.8S.2W/c2*1-5-13-21(14-6-1)25(22-15-7-2-8-16-22,23-17-9-3-10-18-23)24-19-11-4-12-20-24;;;;;;;;;;;/h2*1-20H;;;;;;;;;;;/q2*+1;+3;8*-2;;. The van der Waals surface area contributed by atoms with Gasteiger partial charge < -0.3 is 108 Å².